The van der Waals surface area contributed by atoms with Gasteiger partial charge in [-0.15, -0.1) is 0 Å². The Morgan fingerprint density at radius 2 is 1.69 bits per heavy atom. The fraction of sp³-hybridized carbons (Fsp3) is 0.304. The number of rotatable bonds is 5. The lowest BCUT2D eigenvalue weighted by atomic mass is 10.1. The third-order valence-electron chi connectivity index (χ3n) is 5.67. The van der Waals surface area contributed by atoms with Crippen LogP contribution in [0.2, 0.25) is 0 Å². The number of nitrogens with zero attached hydrogens (tertiary/aromatic N) is 3. The highest BCUT2D eigenvalue weighted by Gasteiger charge is 2.31. The van der Waals surface area contributed by atoms with Gasteiger partial charge in [-0.2, -0.15) is 0 Å². The Hall–Kier alpha value is -3.12. The fourth-order valence-electron chi connectivity index (χ4n) is 3.86. The molecule has 1 aliphatic heterocycles. The van der Waals surface area contributed by atoms with E-state index in [2.05, 4.69) is 32.4 Å². The molecule has 1 aromatic heterocycles. The van der Waals surface area contributed by atoms with Crippen LogP contribution in [-0.4, -0.2) is 48.2 Å². The minimum absolute atomic E-state index is 0.268. The van der Waals surface area contributed by atoms with E-state index in [0.29, 0.717) is 5.76 Å². The molecule has 0 spiro atoms. The third-order valence-corrected chi connectivity index (χ3v) is 5.67. The van der Waals surface area contributed by atoms with Gasteiger partial charge in [0.2, 0.25) is 0 Å². The summed E-state index contributed by atoms with van der Waals surface area (Å²) in [7, 11) is 0. The topological polar surface area (TPSA) is 61.6 Å². The normalized spacial score (nSPS) is 17.3. The van der Waals surface area contributed by atoms with Gasteiger partial charge in [0.05, 0.1) is 0 Å². The third kappa shape index (κ3) is 4.03. The number of anilines is 2. The van der Waals surface area contributed by atoms with Crippen molar-refractivity contribution in [2.24, 2.45) is 0 Å². The van der Waals surface area contributed by atoms with E-state index in [-0.39, 0.29) is 11.6 Å². The van der Waals surface area contributed by atoms with Crippen molar-refractivity contribution in [2.45, 2.75) is 18.9 Å². The quantitative estimate of drug-likeness (QED) is 0.719. The Balaban J connectivity index is 1.20. The zero-order valence-corrected chi connectivity index (χ0v) is 16.3. The van der Waals surface area contributed by atoms with Gasteiger partial charge in [0, 0.05) is 55.2 Å². The van der Waals surface area contributed by atoms with E-state index in [0.717, 1.165) is 43.5 Å². The minimum atomic E-state index is -0.276. The molecule has 0 unspecified atom stereocenters. The number of aromatic nitrogens is 1. The van der Waals surface area contributed by atoms with Crippen molar-refractivity contribution >= 4 is 17.3 Å². The Labute approximate surface area is 170 Å². The molecule has 5 rings (SSSR count). The molecule has 148 valence electrons. The SMILES string of the molecule is O=C(Nc1ccc(N2CCN(C3CC3)CC2)cc1)c1cc(-c2ccccc2)on1. The van der Waals surface area contributed by atoms with E-state index in [4.69, 9.17) is 4.52 Å². The summed E-state index contributed by atoms with van der Waals surface area (Å²) < 4.78 is 5.32. The lowest BCUT2D eigenvalue weighted by Gasteiger charge is -2.36. The first-order chi connectivity index (χ1) is 14.3. The van der Waals surface area contributed by atoms with Crippen molar-refractivity contribution in [2.75, 3.05) is 36.4 Å². The van der Waals surface area contributed by atoms with E-state index in [1.807, 2.05) is 42.5 Å². The molecule has 6 nitrogen and oxygen atoms in total. The van der Waals surface area contributed by atoms with Crippen LogP contribution in [0, 0.1) is 0 Å². The molecule has 2 aromatic carbocycles. The Bertz CT molecular complexity index is 972. The van der Waals surface area contributed by atoms with Crippen LogP contribution in [0.3, 0.4) is 0 Å². The molecule has 2 aliphatic rings. The molecule has 0 atom stereocenters. The van der Waals surface area contributed by atoms with Crippen molar-refractivity contribution < 1.29 is 9.32 Å². The molecular formula is C23H24N4O2. The van der Waals surface area contributed by atoms with E-state index in [9.17, 15) is 4.79 Å². The van der Waals surface area contributed by atoms with Crippen molar-refractivity contribution in [3.63, 3.8) is 0 Å². The predicted octanol–water partition coefficient (Wildman–Crippen LogP) is 3.88. The Morgan fingerprint density at radius 1 is 0.966 bits per heavy atom. The second kappa shape index (κ2) is 7.72. The van der Waals surface area contributed by atoms with Crippen LogP contribution in [0.4, 0.5) is 11.4 Å². The summed E-state index contributed by atoms with van der Waals surface area (Å²) >= 11 is 0. The molecule has 2 heterocycles. The predicted molar refractivity (Wildman–Crippen MR) is 113 cm³/mol. The Kier molecular flexibility index (Phi) is 4.77. The molecule has 29 heavy (non-hydrogen) atoms. The molecule has 1 saturated carbocycles. The summed E-state index contributed by atoms with van der Waals surface area (Å²) in [6, 6.07) is 20.2. The van der Waals surface area contributed by atoms with Crippen LogP contribution in [0.1, 0.15) is 23.3 Å². The highest BCUT2D eigenvalue weighted by atomic mass is 16.5. The Morgan fingerprint density at radius 3 is 2.38 bits per heavy atom. The van der Waals surface area contributed by atoms with E-state index in [1.165, 1.54) is 18.5 Å². The van der Waals surface area contributed by atoms with Gasteiger partial charge in [-0.25, -0.2) is 0 Å². The van der Waals surface area contributed by atoms with Crippen LogP contribution >= 0.6 is 0 Å². The molecule has 1 aliphatic carbocycles. The first-order valence-electron chi connectivity index (χ1n) is 10.2. The highest BCUT2D eigenvalue weighted by Crippen LogP contribution is 2.29. The molecule has 6 heteroatoms. The monoisotopic (exact) mass is 388 g/mol. The molecule has 1 saturated heterocycles. The van der Waals surface area contributed by atoms with Gasteiger partial charge in [0.25, 0.3) is 5.91 Å². The van der Waals surface area contributed by atoms with Crippen LogP contribution in [0.5, 0.6) is 0 Å². The molecule has 1 amide bonds. The number of carbonyl (C=O) groups is 1. The molecule has 3 aromatic rings. The van der Waals surface area contributed by atoms with Crippen molar-refractivity contribution in [3.8, 4) is 11.3 Å². The van der Waals surface area contributed by atoms with Crippen molar-refractivity contribution in [1.82, 2.24) is 10.1 Å². The number of hydrogen-bond acceptors (Lipinski definition) is 5. The lowest BCUT2D eigenvalue weighted by Crippen LogP contribution is -2.47. The number of amides is 1. The summed E-state index contributed by atoms with van der Waals surface area (Å²) in [5, 5.41) is 6.80. The minimum Gasteiger partial charge on any atom is -0.369 e. The van der Waals surface area contributed by atoms with E-state index >= 15 is 0 Å². The molecule has 0 radical (unpaired) electrons. The standard InChI is InChI=1S/C23H24N4O2/c28-23(21-16-22(29-25-21)17-4-2-1-3-5-17)24-18-6-8-19(9-7-18)26-12-14-27(15-13-26)20-10-11-20/h1-9,16,20H,10-15H2,(H,24,28). The largest absolute Gasteiger partial charge is 0.369 e. The van der Waals surface area contributed by atoms with Crippen LogP contribution in [0.25, 0.3) is 11.3 Å². The maximum Gasteiger partial charge on any atom is 0.277 e. The second-order valence-electron chi connectivity index (χ2n) is 7.70. The van der Waals surface area contributed by atoms with E-state index in [1.54, 1.807) is 6.07 Å². The van der Waals surface area contributed by atoms with Crippen molar-refractivity contribution in [3.05, 3.63) is 66.4 Å². The fourth-order valence-corrected chi connectivity index (χ4v) is 3.86. The molecule has 0 bridgehead atoms. The van der Waals surface area contributed by atoms with Crippen LogP contribution in [0.15, 0.2) is 65.2 Å². The molecular weight excluding hydrogens is 364 g/mol. The number of benzene rings is 2. The van der Waals surface area contributed by atoms with Crippen LogP contribution < -0.4 is 10.2 Å². The zero-order valence-electron chi connectivity index (χ0n) is 16.3. The second-order valence-corrected chi connectivity index (χ2v) is 7.70. The summed E-state index contributed by atoms with van der Waals surface area (Å²) in [5.41, 5.74) is 3.11. The van der Waals surface area contributed by atoms with Crippen molar-refractivity contribution in [1.29, 1.82) is 0 Å². The number of piperazine rings is 1. The number of carbonyl (C=O) groups excluding carboxylic acids is 1. The maximum absolute atomic E-state index is 12.5. The smallest absolute Gasteiger partial charge is 0.277 e. The summed E-state index contributed by atoms with van der Waals surface area (Å²) in [4.78, 5) is 17.5. The maximum atomic E-state index is 12.5. The summed E-state index contributed by atoms with van der Waals surface area (Å²) in [5.74, 6) is 0.304. The average Bonchev–Trinajstić information content (AvgIpc) is 3.51. The van der Waals surface area contributed by atoms with Gasteiger partial charge < -0.3 is 14.7 Å². The number of nitrogens with one attached hydrogen (secondary N) is 1. The lowest BCUT2D eigenvalue weighted by molar-refractivity contribution is 0.101. The molecule has 2 fully saturated rings. The van der Waals surface area contributed by atoms with Gasteiger partial charge >= 0.3 is 0 Å². The summed E-state index contributed by atoms with van der Waals surface area (Å²) in [6.07, 6.45) is 2.74. The van der Waals surface area contributed by atoms with Gasteiger partial charge in [-0.1, -0.05) is 35.5 Å². The zero-order chi connectivity index (χ0) is 19.6. The van der Waals surface area contributed by atoms with E-state index < -0.39 is 0 Å². The first-order valence-corrected chi connectivity index (χ1v) is 10.2. The highest BCUT2D eigenvalue weighted by molar-refractivity contribution is 6.03. The van der Waals surface area contributed by atoms with Gasteiger partial charge in [0.1, 0.15) is 0 Å². The first kappa shape index (κ1) is 17.9. The van der Waals surface area contributed by atoms with Gasteiger partial charge in [0.15, 0.2) is 11.5 Å². The molecule has 1 N–H and O–H groups in total. The van der Waals surface area contributed by atoms with Crippen LogP contribution in [-0.2, 0) is 0 Å². The van der Waals surface area contributed by atoms with Gasteiger partial charge in [-0.3, -0.25) is 9.69 Å². The summed E-state index contributed by atoms with van der Waals surface area (Å²) in [6.45, 7) is 4.39. The number of hydrogen-bond donors (Lipinski definition) is 1. The van der Waals surface area contributed by atoms with Gasteiger partial charge in [-0.05, 0) is 37.1 Å². The average molecular weight is 388 g/mol.